The predicted octanol–water partition coefficient (Wildman–Crippen LogP) is 6.09. The number of anilines is 2. The third-order valence-corrected chi connectivity index (χ3v) is 5.80. The highest BCUT2D eigenvalue weighted by molar-refractivity contribution is 6.13. The van der Waals surface area contributed by atoms with E-state index < -0.39 is 40.8 Å². The van der Waals surface area contributed by atoms with Crippen molar-refractivity contribution in [1.82, 2.24) is 19.7 Å². The Bertz CT molecular complexity index is 1740. The van der Waals surface area contributed by atoms with Crippen LogP contribution in [0.25, 0.3) is 33.3 Å². The summed E-state index contributed by atoms with van der Waals surface area (Å²) in [4.78, 5) is 20.9. The SMILES string of the molecule is CC(C)n1nc(-c2ccc3c(C(=O)Nc4cc(C(F)(F)F)c(F)cc4F)coc3c2F)c2c(N)ncnc21. The van der Waals surface area contributed by atoms with E-state index in [0.717, 1.165) is 6.26 Å². The number of carbonyl (C=O) groups is 1. The van der Waals surface area contributed by atoms with Crippen LogP contribution in [-0.2, 0) is 6.18 Å². The fourth-order valence-corrected chi connectivity index (χ4v) is 4.02. The molecule has 5 aromatic rings. The van der Waals surface area contributed by atoms with Crippen LogP contribution in [0.5, 0.6) is 0 Å². The molecule has 0 aliphatic heterocycles. The van der Waals surface area contributed by atoms with E-state index in [9.17, 15) is 26.7 Å². The summed E-state index contributed by atoms with van der Waals surface area (Å²) in [6.07, 6.45) is -3.01. The highest BCUT2D eigenvalue weighted by Crippen LogP contribution is 2.37. The lowest BCUT2D eigenvalue weighted by atomic mass is 10.0. The second-order valence-electron chi connectivity index (χ2n) is 8.56. The molecule has 5 rings (SSSR count). The van der Waals surface area contributed by atoms with Crippen LogP contribution in [-0.4, -0.2) is 25.7 Å². The number of hydrogen-bond donors (Lipinski definition) is 2. The maximum atomic E-state index is 15.6. The number of furan rings is 1. The highest BCUT2D eigenvalue weighted by atomic mass is 19.4. The summed E-state index contributed by atoms with van der Waals surface area (Å²) in [5, 5.41) is 6.63. The van der Waals surface area contributed by atoms with Gasteiger partial charge in [-0.05, 0) is 32.0 Å². The molecule has 0 spiro atoms. The van der Waals surface area contributed by atoms with Crippen LogP contribution in [0.3, 0.4) is 0 Å². The summed E-state index contributed by atoms with van der Waals surface area (Å²) in [6.45, 7) is 3.68. The molecule has 2 aromatic carbocycles. The monoisotopic (exact) mass is 534 g/mol. The second-order valence-corrected chi connectivity index (χ2v) is 8.56. The zero-order valence-corrected chi connectivity index (χ0v) is 19.5. The van der Waals surface area contributed by atoms with Crippen molar-refractivity contribution in [3.8, 4) is 11.3 Å². The Kier molecular flexibility index (Phi) is 5.76. The lowest BCUT2D eigenvalue weighted by molar-refractivity contribution is -0.140. The van der Waals surface area contributed by atoms with Crippen LogP contribution in [0.1, 0.15) is 35.8 Å². The molecule has 0 saturated carbocycles. The topological polar surface area (TPSA) is 112 Å². The number of amides is 1. The fraction of sp³-hybridized carbons (Fsp3) is 0.167. The molecule has 0 bridgehead atoms. The van der Waals surface area contributed by atoms with Crippen molar-refractivity contribution < 1.29 is 35.6 Å². The minimum absolute atomic E-state index is 0.00782. The minimum atomic E-state index is -5.12. The first-order valence-corrected chi connectivity index (χ1v) is 10.9. The van der Waals surface area contributed by atoms with Crippen LogP contribution in [0, 0.1) is 17.5 Å². The van der Waals surface area contributed by atoms with E-state index in [-0.39, 0.29) is 51.8 Å². The number of fused-ring (bicyclic) bond motifs is 2. The summed E-state index contributed by atoms with van der Waals surface area (Å²) in [7, 11) is 0. The normalized spacial score (nSPS) is 12.1. The van der Waals surface area contributed by atoms with E-state index >= 15 is 4.39 Å². The van der Waals surface area contributed by atoms with Gasteiger partial charge in [-0.1, -0.05) is 0 Å². The molecule has 0 aliphatic rings. The molecule has 1 amide bonds. The Balaban J connectivity index is 1.57. The molecule has 3 aromatic heterocycles. The Morgan fingerprint density at radius 3 is 2.53 bits per heavy atom. The van der Waals surface area contributed by atoms with Gasteiger partial charge in [0.2, 0.25) is 0 Å². The minimum Gasteiger partial charge on any atom is -0.460 e. The van der Waals surface area contributed by atoms with Crippen LogP contribution in [0.2, 0.25) is 0 Å². The van der Waals surface area contributed by atoms with E-state index in [1.807, 2.05) is 19.2 Å². The van der Waals surface area contributed by atoms with Gasteiger partial charge in [0.1, 0.15) is 35.7 Å². The number of aromatic nitrogens is 4. The Labute approximate surface area is 209 Å². The van der Waals surface area contributed by atoms with Gasteiger partial charge >= 0.3 is 6.18 Å². The summed E-state index contributed by atoms with van der Waals surface area (Å²) >= 11 is 0. The Hall–Kier alpha value is -4.62. The fourth-order valence-electron chi connectivity index (χ4n) is 4.02. The standard InChI is InChI=1S/C24H16F6N6O2/c1-9(2)36-22-17(21(31)32-8-33-22)19(35-36)11-4-3-10-12(7-38-20(10)18(11)27)23(37)34-16-5-13(24(28,29)30)14(25)6-15(16)26/h3-9H,1-2H3,(H,34,37)(H2,31,32,33). The molecule has 38 heavy (non-hydrogen) atoms. The molecule has 14 heteroatoms. The first kappa shape index (κ1) is 25.0. The summed E-state index contributed by atoms with van der Waals surface area (Å²) < 4.78 is 89.2. The van der Waals surface area contributed by atoms with Gasteiger partial charge in [-0.3, -0.25) is 4.79 Å². The average molecular weight is 534 g/mol. The molecule has 0 aliphatic carbocycles. The van der Waals surface area contributed by atoms with Gasteiger partial charge in [-0.2, -0.15) is 18.3 Å². The molecule has 0 radical (unpaired) electrons. The maximum absolute atomic E-state index is 15.6. The van der Waals surface area contributed by atoms with Crippen LogP contribution in [0.4, 0.5) is 37.8 Å². The van der Waals surface area contributed by atoms with Gasteiger partial charge in [0.05, 0.1) is 22.2 Å². The lowest BCUT2D eigenvalue weighted by Crippen LogP contribution is -2.15. The first-order chi connectivity index (χ1) is 17.9. The summed E-state index contributed by atoms with van der Waals surface area (Å²) in [5.74, 6) is -5.23. The molecule has 3 N–H and O–H groups in total. The van der Waals surface area contributed by atoms with E-state index in [4.69, 9.17) is 10.2 Å². The van der Waals surface area contributed by atoms with Gasteiger partial charge in [-0.25, -0.2) is 27.8 Å². The van der Waals surface area contributed by atoms with Crippen molar-refractivity contribution in [1.29, 1.82) is 0 Å². The smallest absolute Gasteiger partial charge is 0.419 e. The van der Waals surface area contributed by atoms with Crippen LogP contribution >= 0.6 is 0 Å². The zero-order chi connectivity index (χ0) is 27.5. The average Bonchev–Trinajstić information content (AvgIpc) is 3.44. The summed E-state index contributed by atoms with van der Waals surface area (Å²) in [5.41, 5.74) is 3.13. The van der Waals surface area contributed by atoms with Crippen molar-refractivity contribution in [2.24, 2.45) is 0 Å². The lowest BCUT2D eigenvalue weighted by Gasteiger charge is -2.12. The molecule has 0 fully saturated rings. The van der Waals surface area contributed by atoms with Gasteiger partial charge in [0, 0.05) is 23.1 Å². The van der Waals surface area contributed by atoms with E-state index in [2.05, 4.69) is 15.1 Å². The number of nitrogens with two attached hydrogens (primary N) is 1. The van der Waals surface area contributed by atoms with Gasteiger partial charge in [-0.15, -0.1) is 0 Å². The van der Waals surface area contributed by atoms with Crippen LogP contribution in [0.15, 0.2) is 41.3 Å². The number of nitrogen functional groups attached to an aromatic ring is 1. The predicted molar refractivity (Wildman–Crippen MR) is 125 cm³/mol. The van der Waals surface area contributed by atoms with Gasteiger partial charge in [0.15, 0.2) is 17.0 Å². The highest BCUT2D eigenvalue weighted by Gasteiger charge is 2.35. The molecule has 8 nitrogen and oxygen atoms in total. The number of alkyl halides is 3. The quantitative estimate of drug-likeness (QED) is 0.270. The second kappa shape index (κ2) is 8.75. The number of benzene rings is 2. The van der Waals surface area contributed by atoms with Crippen molar-refractivity contribution in [2.45, 2.75) is 26.1 Å². The molecular formula is C24H16F6N6O2. The summed E-state index contributed by atoms with van der Waals surface area (Å²) in [6, 6.07) is 2.62. The van der Waals surface area contributed by atoms with E-state index in [1.54, 1.807) is 4.68 Å². The number of halogens is 6. The largest absolute Gasteiger partial charge is 0.460 e. The third kappa shape index (κ3) is 3.97. The number of nitrogens with one attached hydrogen (secondary N) is 1. The molecule has 0 atom stereocenters. The molecule has 196 valence electrons. The molecule has 3 heterocycles. The van der Waals surface area contributed by atoms with Crippen molar-refractivity contribution in [2.75, 3.05) is 11.1 Å². The number of rotatable bonds is 4. The number of carbonyl (C=O) groups excluding carboxylic acids is 1. The Morgan fingerprint density at radius 2 is 1.84 bits per heavy atom. The van der Waals surface area contributed by atoms with E-state index in [0.29, 0.717) is 11.0 Å². The first-order valence-electron chi connectivity index (χ1n) is 10.9. The van der Waals surface area contributed by atoms with Crippen molar-refractivity contribution in [3.63, 3.8) is 0 Å². The number of hydrogen-bond acceptors (Lipinski definition) is 6. The van der Waals surface area contributed by atoms with Crippen molar-refractivity contribution in [3.05, 3.63) is 65.4 Å². The maximum Gasteiger partial charge on any atom is 0.419 e. The number of nitrogens with zero attached hydrogens (tertiary/aromatic N) is 4. The molecular weight excluding hydrogens is 518 g/mol. The van der Waals surface area contributed by atoms with Crippen LogP contribution < -0.4 is 11.1 Å². The molecule has 0 unspecified atom stereocenters. The van der Waals surface area contributed by atoms with Gasteiger partial charge < -0.3 is 15.5 Å². The third-order valence-electron chi connectivity index (χ3n) is 5.80. The Morgan fingerprint density at radius 1 is 1.11 bits per heavy atom. The molecule has 0 saturated heterocycles. The van der Waals surface area contributed by atoms with Gasteiger partial charge in [0.25, 0.3) is 5.91 Å². The van der Waals surface area contributed by atoms with Crippen molar-refractivity contribution >= 4 is 39.4 Å². The zero-order valence-electron chi connectivity index (χ0n) is 19.5. The van der Waals surface area contributed by atoms with E-state index in [1.165, 1.54) is 18.5 Å².